The average Bonchev–Trinajstić information content (AvgIpc) is 3.57. The van der Waals surface area contributed by atoms with E-state index in [1.54, 1.807) is 63.1 Å². The first kappa shape index (κ1) is 34.8. The maximum atomic E-state index is 16.0. The summed E-state index contributed by atoms with van der Waals surface area (Å²) in [4.78, 5) is 31.7. The smallest absolute Gasteiger partial charge is 0.416 e. The van der Waals surface area contributed by atoms with Gasteiger partial charge in [0.25, 0.3) is 5.91 Å². The molecular formula is C35H42F4N6O4. The van der Waals surface area contributed by atoms with E-state index in [0.29, 0.717) is 36.4 Å². The molecule has 264 valence electrons. The Morgan fingerprint density at radius 3 is 2.45 bits per heavy atom. The normalized spacial score (nSPS) is 20.4. The lowest BCUT2D eigenvalue weighted by Crippen LogP contribution is -2.56. The Kier molecular flexibility index (Phi) is 9.01. The second kappa shape index (κ2) is 12.7. The van der Waals surface area contributed by atoms with Gasteiger partial charge in [0.05, 0.1) is 30.7 Å². The number of hydrogen-bond acceptors (Lipinski definition) is 7. The summed E-state index contributed by atoms with van der Waals surface area (Å²) in [6, 6.07) is 9.25. The molecule has 10 nitrogen and oxygen atoms in total. The fourth-order valence-corrected chi connectivity index (χ4v) is 6.96. The van der Waals surface area contributed by atoms with Crippen LogP contribution < -0.4 is 4.90 Å². The van der Waals surface area contributed by atoms with Crippen LogP contribution in [0.1, 0.15) is 79.2 Å². The molecule has 0 radical (unpaired) electrons. The number of aromatic nitrogens is 3. The topological polar surface area (TPSA) is 93.0 Å². The molecule has 3 aliphatic rings. The largest absolute Gasteiger partial charge is 0.444 e. The molecule has 0 bridgehead atoms. The van der Waals surface area contributed by atoms with Gasteiger partial charge in [-0.25, -0.2) is 9.18 Å². The van der Waals surface area contributed by atoms with Gasteiger partial charge in [-0.2, -0.15) is 13.2 Å². The quantitative estimate of drug-likeness (QED) is 0.280. The van der Waals surface area contributed by atoms with Crippen molar-refractivity contribution >= 4 is 17.7 Å². The molecule has 2 amide bonds. The molecule has 1 aromatic heterocycles. The molecule has 6 rings (SSSR count). The van der Waals surface area contributed by atoms with Gasteiger partial charge in [0.2, 0.25) is 0 Å². The summed E-state index contributed by atoms with van der Waals surface area (Å²) >= 11 is 0. The Morgan fingerprint density at radius 2 is 1.86 bits per heavy atom. The SMILES string of the molecule is CC(C)C1CN(C(=O)OC(C)(C)C)CCN1Cc1cc2c(c(C(F)(F)F)c1)CN(c1cccc(C3(C(F)c4nncn4C)COC3)c1)C2=O. The van der Waals surface area contributed by atoms with Crippen LogP contribution in [-0.4, -0.2) is 81.1 Å². The van der Waals surface area contributed by atoms with Gasteiger partial charge in [-0.1, -0.05) is 26.0 Å². The van der Waals surface area contributed by atoms with Crippen LogP contribution in [0.25, 0.3) is 0 Å². The average molecular weight is 687 g/mol. The number of nitrogens with zero attached hydrogens (tertiary/aromatic N) is 6. The van der Waals surface area contributed by atoms with Crippen LogP contribution >= 0.6 is 0 Å². The molecule has 2 unspecified atom stereocenters. The first-order valence-electron chi connectivity index (χ1n) is 16.4. The number of piperazine rings is 1. The van der Waals surface area contributed by atoms with E-state index in [9.17, 15) is 22.8 Å². The van der Waals surface area contributed by atoms with Crippen LogP contribution in [0.15, 0.2) is 42.7 Å². The molecule has 2 fully saturated rings. The van der Waals surface area contributed by atoms with E-state index in [4.69, 9.17) is 9.47 Å². The van der Waals surface area contributed by atoms with Crippen molar-refractivity contribution in [2.45, 2.75) is 77.1 Å². The highest BCUT2D eigenvalue weighted by Gasteiger charge is 2.51. The number of amides is 2. The molecule has 0 saturated carbocycles. The highest BCUT2D eigenvalue weighted by atomic mass is 19.4. The molecule has 0 N–H and O–H groups in total. The van der Waals surface area contributed by atoms with Crippen LogP contribution in [0, 0.1) is 5.92 Å². The van der Waals surface area contributed by atoms with E-state index < -0.39 is 40.9 Å². The van der Waals surface area contributed by atoms with E-state index in [1.807, 2.05) is 13.8 Å². The zero-order valence-electron chi connectivity index (χ0n) is 28.6. The third kappa shape index (κ3) is 6.64. The number of rotatable bonds is 7. The van der Waals surface area contributed by atoms with E-state index in [1.165, 1.54) is 15.8 Å². The summed E-state index contributed by atoms with van der Waals surface area (Å²) in [7, 11) is 1.64. The van der Waals surface area contributed by atoms with Gasteiger partial charge in [0.15, 0.2) is 12.0 Å². The summed E-state index contributed by atoms with van der Waals surface area (Å²) in [6.45, 7) is 10.6. The van der Waals surface area contributed by atoms with Gasteiger partial charge in [-0.15, -0.1) is 10.2 Å². The molecule has 0 aliphatic carbocycles. The molecule has 14 heteroatoms. The van der Waals surface area contributed by atoms with Crippen molar-refractivity contribution in [1.29, 1.82) is 0 Å². The lowest BCUT2D eigenvalue weighted by molar-refractivity contribution is -0.138. The van der Waals surface area contributed by atoms with Gasteiger partial charge < -0.3 is 23.8 Å². The Morgan fingerprint density at radius 1 is 1.12 bits per heavy atom. The third-order valence-electron chi connectivity index (χ3n) is 9.66. The van der Waals surface area contributed by atoms with Crippen molar-refractivity contribution in [2.24, 2.45) is 13.0 Å². The van der Waals surface area contributed by atoms with Crippen molar-refractivity contribution in [3.05, 3.63) is 76.4 Å². The standard InChI is InChI=1S/C35H42F4N6O4/c1-21(2)28-17-44(32(47)49-33(3,4)5)11-10-43(28)15-22-12-25-26(27(13-22)35(37,38)39)16-45(31(25)46)24-9-7-8-23(14-24)34(18-48-19-34)29(36)30-41-40-20-42(30)6/h7-9,12-14,20-21,28-29H,10-11,15-19H2,1-6H3. The van der Waals surface area contributed by atoms with Crippen molar-refractivity contribution < 1.29 is 36.6 Å². The number of carbonyl (C=O) groups excluding carboxylic acids is 2. The lowest BCUT2D eigenvalue weighted by atomic mass is 9.74. The molecule has 3 aromatic rings. The number of carbonyl (C=O) groups is 2. The van der Waals surface area contributed by atoms with Crippen LogP contribution in [0.5, 0.6) is 0 Å². The summed E-state index contributed by atoms with van der Waals surface area (Å²) in [6.07, 6.45) is -5.27. The Balaban J connectivity index is 1.27. The number of benzene rings is 2. The second-order valence-electron chi connectivity index (χ2n) is 14.6. The summed E-state index contributed by atoms with van der Waals surface area (Å²) in [5.41, 5.74) is -1.41. The Hall–Kier alpha value is -4.04. The Labute approximate surface area is 283 Å². The van der Waals surface area contributed by atoms with Gasteiger partial charge in [0, 0.05) is 50.5 Å². The number of halogens is 4. The summed E-state index contributed by atoms with van der Waals surface area (Å²) < 4.78 is 72.3. The minimum atomic E-state index is -4.70. The number of fused-ring (bicyclic) bond motifs is 1. The molecule has 4 heterocycles. The van der Waals surface area contributed by atoms with Crippen LogP contribution in [0.2, 0.25) is 0 Å². The van der Waals surface area contributed by atoms with Gasteiger partial charge in [0.1, 0.15) is 11.9 Å². The zero-order valence-corrected chi connectivity index (χ0v) is 28.6. The number of hydrogen-bond donors (Lipinski definition) is 0. The van der Waals surface area contributed by atoms with E-state index >= 15 is 4.39 Å². The van der Waals surface area contributed by atoms with Crippen molar-refractivity contribution in [3.8, 4) is 0 Å². The minimum absolute atomic E-state index is 0.00661. The lowest BCUT2D eigenvalue weighted by Gasteiger charge is -2.43. The zero-order chi connectivity index (χ0) is 35.5. The predicted octanol–water partition coefficient (Wildman–Crippen LogP) is 6.05. The highest BCUT2D eigenvalue weighted by molar-refractivity contribution is 6.10. The van der Waals surface area contributed by atoms with Crippen LogP contribution in [0.3, 0.4) is 0 Å². The maximum absolute atomic E-state index is 16.0. The molecule has 3 aliphatic heterocycles. The molecule has 49 heavy (non-hydrogen) atoms. The van der Waals surface area contributed by atoms with Gasteiger partial charge in [-0.05, 0) is 67.6 Å². The maximum Gasteiger partial charge on any atom is 0.416 e. The molecule has 2 aromatic carbocycles. The fraction of sp³-hybridized carbons (Fsp3) is 0.543. The van der Waals surface area contributed by atoms with Crippen LogP contribution in [0.4, 0.5) is 28.0 Å². The molecule has 2 atom stereocenters. The van der Waals surface area contributed by atoms with Crippen LogP contribution in [-0.2, 0) is 41.2 Å². The van der Waals surface area contributed by atoms with Crippen molar-refractivity contribution in [2.75, 3.05) is 37.7 Å². The number of alkyl halides is 4. The van der Waals surface area contributed by atoms with Gasteiger partial charge >= 0.3 is 12.3 Å². The molecule has 2 saturated heterocycles. The first-order valence-corrected chi connectivity index (χ1v) is 16.4. The Bertz CT molecular complexity index is 1730. The minimum Gasteiger partial charge on any atom is -0.444 e. The van der Waals surface area contributed by atoms with E-state index in [0.717, 1.165) is 6.07 Å². The summed E-state index contributed by atoms with van der Waals surface area (Å²) in [5.74, 6) is -0.335. The highest BCUT2D eigenvalue weighted by Crippen LogP contribution is 2.47. The number of anilines is 1. The second-order valence-corrected chi connectivity index (χ2v) is 14.6. The molecular weight excluding hydrogens is 644 g/mol. The van der Waals surface area contributed by atoms with Crippen molar-refractivity contribution in [3.63, 3.8) is 0 Å². The van der Waals surface area contributed by atoms with Gasteiger partial charge in [-0.3, -0.25) is 9.69 Å². The number of aryl methyl sites for hydroxylation is 1. The van der Waals surface area contributed by atoms with E-state index in [2.05, 4.69) is 15.1 Å². The monoisotopic (exact) mass is 686 g/mol. The first-order chi connectivity index (χ1) is 23.0. The predicted molar refractivity (Wildman–Crippen MR) is 173 cm³/mol. The number of ether oxygens (including phenoxy) is 2. The van der Waals surface area contributed by atoms with Crippen molar-refractivity contribution in [1.82, 2.24) is 24.6 Å². The fourth-order valence-electron chi connectivity index (χ4n) is 6.96. The summed E-state index contributed by atoms with van der Waals surface area (Å²) in [5, 5.41) is 7.73. The van der Waals surface area contributed by atoms with E-state index in [-0.39, 0.29) is 55.2 Å². The third-order valence-corrected chi connectivity index (χ3v) is 9.66. The molecule has 0 spiro atoms.